The third-order valence-electron chi connectivity index (χ3n) is 9.21. The molecule has 3 aliphatic rings. The van der Waals surface area contributed by atoms with Crippen LogP contribution in [0.4, 0.5) is 0 Å². The van der Waals surface area contributed by atoms with E-state index in [1.54, 1.807) is 58.0 Å². The van der Waals surface area contributed by atoms with Crippen LogP contribution in [-0.4, -0.2) is 68.5 Å². The lowest BCUT2D eigenvalue weighted by Gasteiger charge is -2.53. The second kappa shape index (κ2) is 9.34. The second-order valence-corrected chi connectivity index (χ2v) is 11.6. The molecule has 8 atom stereocenters. The van der Waals surface area contributed by atoms with Gasteiger partial charge in [0.1, 0.15) is 18.3 Å². The van der Waals surface area contributed by atoms with Crippen LogP contribution in [0.15, 0.2) is 53.6 Å². The molecular weight excluding hydrogens is 476 g/mol. The van der Waals surface area contributed by atoms with Crippen molar-refractivity contribution < 1.29 is 39.5 Å². The molecule has 0 amide bonds. The number of carbonyl (C=O) groups excluding carboxylic acids is 2. The SMILES string of the molecule is C=C1C(O)CC(OC(C)=O)C2(C)C1CC1(C(C)(C)O)CC(O)C(C)=C1C(O)C2OC(=O)c1ccccc1. The average molecular weight is 515 g/mol. The molecule has 0 aromatic heterocycles. The van der Waals surface area contributed by atoms with Gasteiger partial charge in [0.25, 0.3) is 0 Å². The molecule has 1 aromatic rings. The number of ether oxygens (including phenoxy) is 2. The molecule has 0 radical (unpaired) electrons. The summed E-state index contributed by atoms with van der Waals surface area (Å²) in [5.41, 5.74) is -2.07. The van der Waals surface area contributed by atoms with Gasteiger partial charge < -0.3 is 29.9 Å². The molecule has 8 heteroatoms. The monoisotopic (exact) mass is 514 g/mol. The summed E-state index contributed by atoms with van der Waals surface area (Å²) in [6.45, 7) is 12.2. The van der Waals surface area contributed by atoms with E-state index < -0.39 is 64.8 Å². The molecule has 2 fully saturated rings. The maximum atomic E-state index is 13.3. The minimum absolute atomic E-state index is 0.0215. The van der Waals surface area contributed by atoms with Crippen LogP contribution in [0.1, 0.15) is 64.2 Å². The Bertz CT molecular complexity index is 1120. The maximum Gasteiger partial charge on any atom is 0.338 e. The van der Waals surface area contributed by atoms with Crippen LogP contribution in [0.25, 0.3) is 0 Å². The fourth-order valence-corrected chi connectivity index (χ4v) is 7.05. The summed E-state index contributed by atoms with van der Waals surface area (Å²) in [6.07, 6.45) is -5.15. The van der Waals surface area contributed by atoms with Crippen molar-refractivity contribution in [3.05, 3.63) is 59.2 Å². The molecule has 0 bridgehead atoms. The Morgan fingerprint density at radius 3 is 2.24 bits per heavy atom. The van der Waals surface area contributed by atoms with Gasteiger partial charge in [0.2, 0.25) is 0 Å². The summed E-state index contributed by atoms with van der Waals surface area (Å²) < 4.78 is 11.8. The van der Waals surface area contributed by atoms with E-state index in [0.717, 1.165) is 0 Å². The van der Waals surface area contributed by atoms with Crippen molar-refractivity contribution in [1.82, 2.24) is 0 Å². The van der Waals surface area contributed by atoms with Crippen molar-refractivity contribution in [2.24, 2.45) is 16.7 Å². The molecule has 0 heterocycles. The standard InChI is InChI=1S/C29H38O8/c1-15-19-13-29(27(4,5)35)14-21(32)16(2)23(29)24(33)25(37-26(34)18-10-8-7-9-11-18)28(19,6)22(12-20(15)31)36-17(3)30/h7-11,19-22,24-25,31-33,35H,1,12-14H2,2-6H3. The van der Waals surface area contributed by atoms with Crippen molar-refractivity contribution in [3.8, 4) is 0 Å². The Hall–Kier alpha value is -2.52. The van der Waals surface area contributed by atoms with Crippen molar-refractivity contribution in [2.45, 2.75) is 90.0 Å². The molecule has 0 aliphatic heterocycles. The average Bonchev–Trinajstić information content (AvgIpc) is 3.04. The number of carbonyl (C=O) groups is 2. The fourth-order valence-electron chi connectivity index (χ4n) is 7.05. The molecule has 0 saturated heterocycles. The molecule has 8 nitrogen and oxygen atoms in total. The number of aliphatic hydroxyl groups is 4. The van der Waals surface area contributed by atoms with E-state index in [-0.39, 0.29) is 24.8 Å². The minimum atomic E-state index is -1.42. The summed E-state index contributed by atoms with van der Waals surface area (Å²) in [7, 11) is 0. The second-order valence-electron chi connectivity index (χ2n) is 11.6. The molecule has 4 rings (SSSR count). The zero-order valence-electron chi connectivity index (χ0n) is 22.1. The quantitative estimate of drug-likeness (QED) is 0.356. The van der Waals surface area contributed by atoms with Gasteiger partial charge >= 0.3 is 11.9 Å². The van der Waals surface area contributed by atoms with Gasteiger partial charge in [0.05, 0.1) is 28.8 Å². The number of aliphatic hydroxyl groups excluding tert-OH is 3. The predicted octanol–water partition coefficient (Wildman–Crippen LogP) is 2.69. The third kappa shape index (κ3) is 4.24. The summed E-state index contributed by atoms with van der Waals surface area (Å²) in [4.78, 5) is 25.5. The Balaban J connectivity index is 1.96. The first-order valence-corrected chi connectivity index (χ1v) is 12.7. The van der Waals surface area contributed by atoms with Gasteiger partial charge in [-0.25, -0.2) is 4.79 Å². The van der Waals surface area contributed by atoms with E-state index in [1.807, 2.05) is 0 Å². The van der Waals surface area contributed by atoms with Gasteiger partial charge in [-0.05, 0) is 68.4 Å². The third-order valence-corrected chi connectivity index (χ3v) is 9.21. The number of fused-ring (bicyclic) bond motifs is 2. The number of benzene rings is 1. The summed E-state index contributed by atoms with van der Waals surface area (Å²) >= 11 is 0. The predicted molar refractivity (Wildman–Crippen MR) is 135 cm³/mol. The Morgan fingerprint density at radius 1 is 1.05 bits per heavy atom. The Kier molecular flexibility index (Phi) is 6.95. The zero-order valence-corrected chi connectivity index (χ0v) is 22.1. The molecule has 202 valence electrons. The largest absolute Gasteiger partial charge is 0.462 e. The van der Waals surface area contributed by atoms with E-state index in [0.29, 0.717) is 16.7 Å². The number of hydrogen-bond donors (Lipinski definition) is 4. The van der Waals surface area contributed by atoms with E-state index in [4.69, 9.17) is 9.47 Å². The van der Waals surface area contributed by atoms with Gasteiger partial charge in [-0.1, -0.05) is 31.7 Å². The van der Waals surface area contributed by atoms with Crippen molar-refractivity contribution in [2.75, 3.05) is 0 Å². The van der Waals surface area contributed by atoms with Gasteiger partial charge in [-0.2, -0.15) is 0 Å². The fraction of sp³-hybridized carbons (Fsp3) is 0.586. The lowest BCUT2D eigenvalue weighted by atomic mass is 9.56. The van der Waals surface area contributed by atoms with Gasteiger partial charge in [0.15, 0.2) is 0 Å². The van der Waals surface area contributed by atoms with Gasteiger partial charge in [-0.15, -0.1) is 0 Å². The number of esters is 2. The highest BCUT2D eigenvalue weighted by Crippen LogP contribution is 2.64. The number of rotatable bonds is 4. The summed E-state index contributed by atoms with van der Waals surface area (Å²) in [6, 6.07) is 8.37. The van der Waals surface area contributed by atoms with Crippen LogP contribution in [0.2, 0.25) is 0 Å². The summed E-state index contributed by atoms with van der Waals surface area (Å²) in [5.74, 6) is -1.87. The molecule has 8 unspecified atom stereocenters. The van der Waals surface area contributed by atoms with Crippen LogP contribution in [0.5, 0.6) is 0 Å². The van der Waals surface area contributed by atoms with Crippen LogP contribution < -0.4 is 0 Å². The zero-order chi connectivity index (χ0) is 27.5. The Morgan fingerprint density at radius 2 is 1.68 bits per heavy atom. The molecule has 2 saturated carbocycles. The van der Waals surface area contributed by atoms with Gasteiger partial charge in [-0.3, -0.25) is 4.79 Å². The smallest absolute Gasteiger partial charge is 0.338 e. The maximum absolute atomic E-state index is 13.3. The van der Waals surface area contributed by atoms with E-state index in [9.17, 15) is 30.0 Å². The number of hydrogen-bond acceptors (Lipinski definition) is 8. The van der Waals surface area contributed by atoms with Crippen LogP contribution in [-0.2, 0) is 14.3 Å². The first-order chi connectivity index (χ1) is 17.1. The van der Waals surface area contributed by atoms with E-state index in [1.165, 1.54) is 6.92 Å². The molecule has 3 aliphatic carbocycles. The normalized spacial score (nSPS) is 37.9. The summed E-state index contributed by atoms with van der Waals surface area (Å²) in [5, 5.41) is 45.5. The lowest BCUT2D eigenvalue weighted by Crippen LogP contribution is -2.59. The molecule has 4 N–H and O–H groups in total. The van der Waals surface area contributed by atoms with Crippen molar-refractivity contribution in [1.29, 1.82) is 0 Å². The Labute approximate surface area is 217 Å². The van der Waals surface area contributed by atoms with Crippen LogP contribution in [0.3, 0.4) is 0 Å². The van der Waals surface area contributed by atoms with Crippen LogP contribution in [0, 0.1) is 16.7 Å². The highest BCUT2D eigenvalue weighted by Gasteiger charge is 2.67. The first-order valence-electron chi connectivity index (χ1n) is 12.7. The molecule has 1 aromatic carbocycles. The first kappa shape index (κ1) is 27.5. The molecule has 0 spiro atoms. The lowest BCUT2D eigenvalue weighted by molar-refractivity contribution is -0.182. The van der Waals surface area contributed by atoms with Crippen LogP contribution >= 0.6 is 0 Å². The highest BCUT2D eigenvalue weighted by atomic mass is 16.6. The van der Waals surface area contributed by atoms with E-state index >= 15 is 0 Å². The minimum Gasteiger partial charge on any atom is -0.462 e. The molecule has 37 heavy (non-hydrogen) atoms. The molecular formula is C29H38O8. The van der Waals surface area contributed by atoms with Crippen molar-refractivity contribution >= 4 is 11.9 Å². The van der Waals surface area contributed by atoms with E-state index in [2.05, 4.69) is 6.58 Å². The van der Waals surface area contributed by atoms with Crippen molar-refractivity contribution in [3.63, 3.8) is 0 Å². The van der Waals surface area contributed by atoms with Gasteiger partial charge in [0, 0.05) is 18.8 Å². The topological polar surface area (TPSA) is 134 Å². The highest BCUT2D eigenvalue weighted by molar-refractivity contribution is 5.89.